The first-order valence-corrected chi connectivity index (χ1v) is 18.3. The second-order valence-corrected chi connectivity index (χ2v) is 13.8. The third-order valence-electron chi connectivity index (χ3n) is 8.79. The van der Waals surface area contributed by atoms with E-state index in [4.69, 9.17) is 30.8 Å². The minimum Gasteiger partial charge on any atom is -0.379 e. The predicted molar refractivity (Wildman–Crippen MR) is 190 cm³/mol. The molecule has 0 spiro atoms. The highest BCUT2D eigenvalue weighted by atomic mass is 35.5. The average Bonchev–Trinajstić information content (AvgIpc) is 3.48. The lowest BCUT2D eigenvalue weighted by Gasteiger charge is -2.36. The smallest absolute Gasteiger partial charge is 0.251 e. The Morgan fingerprint density at radius 2 is 1.62 bits per heavy atom. The summed E-state index contributed by atoms with van der Waals surface area (Å²) in [6.45, 7) is 9.02. The van der Waals surface area contributed by atoms with Crippen LogP contribution in [0.25, 0.3) is 5.69 Å². The van der Waals surface area contributed by atoms with Crippen molar-refractivity contribution in [1.29, 1.82) is 0 Å². The Balaban J connectivity index is 1.28. The van der Waals surface area contributed by atoms with Gasteiger partial charge in [-0.25, -0.2) is 18.2 Å². The minimum absolute atomic E-state index is 0.0753. The molecule has 1 heterocycles. The number of imidazole rings is 1. The number of carbonyl (C=O) groups is 1. The Bertz CT molecular complexity index is 1750. The van der Waals surface area contributed by atoms with Crippen molar-refractivity contribution in [2.24, 2.45) is 0 Å². The SMILES string of the molecule is CCCOCCOCCOCCNC(=O)c1cc(F)c(CSc2nc3c(n2-c2ccc(F)cc2)C(C)(c2ccc(Cl)c(C)c2)CCC3)c(F)c1. The van der Waals surface area contributed by atoms with Crippen molar-refractivity contribution in [2.75, 3.05) is 46.2 Å². The molecule has 268 valence electrons. The molecule has 7 nitrogen and oxygen atoms in total. The lowest BCUT2D eigenvalue weighted by molar-refractivity contribution is 0.0152. The normalized spacial score (nSPS) is 15.7. The lowest BCUT2D eigenvalue weighted by Crippen LogP contribution is -2.31. The van der Waals surface area contributed by atoms with Crippen LogP contribution in [0.4, 0.5) is 13.2 Å². The Labute approximate surface area is 300 Å². The largest absolute Gasteiger partial charge is 0.379 e. The quantitative estimate of drug-likeness (QED) is 0.0870. The zero-order valence-electron chi connectivity index (χ0n) is 28.6. The van der Waals surface area contributed by atoms with E-state index in [0.29, 0.717) is 48.9 Å². The van der Waals surface area contributed by atoms with Gasteiger partial charge in [0.15, 0.2) is 5.16 Å². The van der Waals surface area contributed by atoms with Crippen LogP contribution in [0.2, 0.25) is 5.02 Å². The van der Waals surface area contributed by atoms with Gasteiger partial charge in [-0.05, 0) is 93.1 Å². The Kier molecular flexibility index (Phi) is 13.4. The van der Waals surface area contributed by atoms with Crippen molar-refractivity contribution >= 4 is 29.3 Å². The van der Waals surface area contributed by atoms with Crippen LogP contribution in [0.5, 0.6) is 0 Å². The van der Waals surface area contributed by atoms with E-state index in [1.807, 2.05) is 30.5 Å². The average molecular weight is 730 g/mol. The molecular formula is C38H43ClF3N3O4S. The van der Waals surface area contributed by atoms with Crippen LogP contribution in [0, 0.1) is 24.4 Å². The molecule has 0 saturated heterocycles. The molecule has 1 aliphatic rings. The highest BCUT2D eigenvalue weighted by Gasteiger charge is 2.39. The van der Waals surface area contributed by atoms with E-state index in [1.54, 1.807) is 12.1 Å². The Morgan fingerprint density at radius 3 is 2.28 bits per heavy atom. The number of hydrogen-bond donors (Lipinski definition) is 1. The zero-order chi connectivity index (χ0) is 35.7. The first-order chi connectivity index (χ1) is 24.1. The zero-order valence-corrected chi connectivity index (χ0v) is 30.2. The van der Waals surface area contributed by atoms with Gasteiger partial charge in [-0.3, -0.25) is 9.36 Å². The number of amides is 1. The Hall–Kier alpha value is -3.35. The van der Waals surface area contributed by atoms with E-state index in [0.717, 1.165) is 60.3 Å². The van der Waals surface area contributed by atoms with Crippen LogP contribution < -0.4 is 5.32 Å². The molecule has 1 amide bonds. The number of nitrogens with one attached hydrogen (secondary N) is 1. The van der Waals surface area contributed by atoms with Gasteiger partial charge in [-0.2, -0.15) is 0 Å². The number of aromatic nitrogens is 2. The number of fused-ring (bicyclic) bond motifs is 1. The summed E-state index contributed by atoms with van der Waals surface area (Å²) in [6.07, 6.45) is 3.44. The maximum Gasteiger partial charge on any atom is 0.251 e. The molecule has 5 rings (SSSR count). The molecule has 4 aromatic rings. The Morgan fingerprint density at radius 1 is 0.960 bits per heavy atom. The second-order valence-electron chi connectivity index (χ2n) is 12.5. The van der Waals surface area contributed by atoms with E-state index in [9.17, 15) is 9.18 Å². The fourth-order valence-electron chi connectivity index (χ4n) is 6.14. The fraction of sp³-hybridized carbons (Fsp3) is 0.421. The van der Waals surface area contributed by atoms with Gasteiger partial charge >= 0.3 is 0 Å². The molecule has 0 radical (unpaired) electrons. The minimum atomic E-state index is -0.829. The number of ether oxygens (including phenoxy) is 3. The summed E-state index contributed by atoms with van der Waals surface area (Å²) in [4.78, 5) is 17.6. The standard InChI is InChI=1S/C38H43ClF3N3O4S/c1-4-15-47-17-19-49-20-18-48-16-14-43-36(46)26-22-32(41)30(33(42)23-26)24-50-37-44-34-6-5-13-38(3,27-7-12-31(39)25(2)21-27)35(34)45(37)29-10-8-28(40)9-11-29/h7-12,21-23H,4-6,13-20,24H2,1-3H3,(H,43,46). The van der Waals surface area contributed by atoms with Crippen LogP contribution in [0.15, 0.2) is 59.8 Å². The molecule has 0 saturated carbocycles. The van der Waals surface area contributed by atoms with Gasteiger partial charge in [0.2, 0.25) is 0 Å². The predicted octanol–water partition coefficient (Wildman–Crippen LogP) is 8.38. The van der Waals surface area contributed by atoms with Crippen molar-refractivity contribution in [2.45, 2.75) is 62.8 Å². The van der Waals surface area contributed by atoms with Gasteiger partial charge in [0, 0.05) is 46.2 Å². The highest BCUT2D eigenvalue weighted by molar-refractivity contribution is 7.98. The molecular weight excluding hydrogens is 687 g/mol. The van der Waals surface area contributed by atoms with Gasteiger partial charge < -0.3 is 19.5 Å². The summed E-state index contributed by atoms with van der Waals surface area (Å²) >= 11 is 7.56. The topological polar surface area (TPSA) is 74.6 Å². The van der Waals surface area contributed by atoms with Gasteiger partial charge in [0.25, 0.3) is 5.91 Å². The van der Waals surface area contributed by atoms with Crippen molar-refractivity contribution in [1.82, 2.24) is 14.9 Å². The number of carbonyl (C=O) groups excluding carboxylic acids is 1. The van der Waals surface area contributed by atoms with Crippen molar-refractivity contribution < 1.29 is 32.2 Å². The third-order valence-corrected chi connectivity index (χ3v) is 10.2. The monoisotopic (exact) mass is 729 g/mol. The fourth-order valence-corrected chi connectivity index (χ4v) is 7.31. The van der Waals surface area contributed by atoms with E-state index >= 15 is 8.78 Å². The number of rotatable bonds is 17. The molecule has 0 bridgehead atoms. The van der Waals surface area contributed by atoms with Crippen LogP contribution in [0.3, 0.4) is 0 Å². The summed E-state index contributed by atoms with van der Waals surface area (Å²) in [5.41, 5.74) is 3.84. The van der Waals surface area contributed by atoms with Crippen LogP contribution in [-0.2, 0) is 31.8 Å². The van der Waals surface area contributed by atoms with E-state index in [2.05, 4.69) is 18.3 Å². The highest BCUT2D eigenvalue weighted by Crippen LogP contribution is 2.46. The molecule has 1 unspecified atom stereocenters. The van der Waals surface area contributed by atoms with Gasteiger partial charge in [0.1, 0.15) is 17.5 Å². The number of nitrogens with zero attached hydrogens (tertiary/aromatic N) is 2. The summed E-state index contributed by atoms with van der Waals surface area (Å²) < 4.78 is 63.0. The number of thioether (sulfide) groups is 1. The molecule has 50 heavy (non-hydrogen) atoms. The van der Waals surface area contributed by atoms with Crippen molar-refractivity contribution in [3.8, 4) is 5.69 Å². The van der Waals surface area contributed by atoms with Crippen LogP contribution in [0.1, 0.15) is 71.5 Å². The summed E-state index contributed by atoms with van der Waals surface area (Å²) in [7, 11) is 0. The van der Waals surface area contributed by atoms with Gasteiger partial charge in [-0.1, -0.05) is 42.4 Å². The summed E-state index contributed by atoms with van der Waals surface area (Å²) in [5.74, 6) is -2.71. The molecule has 1 aromatic heterocycles. The number of hydrogen-bond acceptors (Lipinski definition) is 6. The molecule has 3 aromatic carbocycles. The van der Waals surface area contributed by atoms with Crippen molar-refractivity contribution in [3.63, 3.8) is 0 Å². The van der Waals surface area contributed by atoms with E-state index in [-0.39, 0.29) is 35.8 Å². The first kappa shape index (κ1) is 37.9. The van der Waals surface area contributed by atoms with Gasteiger partial charge in [-0.15, -0.1) is 0 Å². The molecule has 1 aliphatic carbocycles. The van der Waals surface area contributed by atoms with Crippen LogP contribution in [-0.4, -0.2) is 61.6 Å². The summed E-state index contributed by atoms with van der Waals surface area (Å²) in [5, 5.41) is 3.85. The first-order valence-electron chi connectivity index (χ1n) is 16.9. The number of benzene rings is 3. The number of halogens is 4. The maximum atomic E-state index is 15.4. The molecule has 12 heteroatoms. The van der Waals surface area contributed by atoms with Crippen LogP contribution >= 0.6 is 23.4 Å². The molecule has 0 fully saturated rings. The van der Waals surface area contributed by atoms with Gasteiger partial charge in [0.05, 0.1) is 44.4 Å². The maximum absolute atomic E-state index is 15.4. The molecule has 0 aliphatic heterocycles. The van der Waals surface area contributed by atoms with E-state index in [1.165, 1.54) is 23.9 Å². The molecule has 1 atom stereocenters. The lowest BCUT2D eigenvalue weighted by atomic mass is 9.71. The number of aryl methyl sites for hydroxylation is 2. The second kappa shape index (κ2) is 17.7. The molecule has 1 N–H and O–H groups in total. The third kappa shape index (κ3) is 9.11. The van der Waals surface area contributed by atoms with E-state index < -0.39 is 23.0 Å². The summed E-state index contributed by atoms with van der Waals surface area (Å²) in [6, 6.07) is 14.2. The van der Waals surface area contributed by atoms with Crippen molar-refractivity contribution in [3.05, 3.63) is 111 Å².